The molecule has 0 aromatic heterocycles. The summed E-state index contributed by atoms with van der Waals surface area (Å²) in [5.41, 5.74) is 4.32. The highest BCUT2D eigenvalue weighted by Crippen LogP contribution is 2.30. The Morgan fingerprint density at radius 2 is 1.86 bits per heavy atom. The van der Waals surface area contributed by atoms with Crippen molar-refractivity contribution in [2.75, 3.05) is 28.3 Å². The fraction of sp³-hybridized carbons (Fsp3) is 0.391. The van der Waals surface area contributed by atoms with Crippen LogP contribution in [0.3, 0.4) is 0 Å². The third-order valence-electron chi connectivity index (χ3n) is 5.13. The summed E-state index contributed by atoms with van der Waals surface area (Å²) in [4.78, 5) is 26.4. The number of hydrogen-bond donors (Lipinski definition) is 1. The van der Waals surface area contributed by atoms with E-state index >= 15 is 0 Å². The fourth-order valence-corrected chi connectivity index (χ4v) is 4.46. The van der Waals surface area contributed by atoms with Crippen LogP contribution in [0.5, 0.6) is 0 Å². The number of benzene rings is 2. The highest BCUT2D eigenvalue weighted by atomic mass is 32.2. The molecule has 3 rings (SSSR count). The minimum Gasteiger partial charge on any atom is -0.326 e. The molecule has 0 spiro atoms. The molecular weight excluding hydrogens is 387 g/mol. The second-order valence-corrected chi connectivity index (χ2v) is 8.47. The maximum atomic E-state index is 14.2. The van der Waals surface area contributed by atoms with Gasteiger partial charge in [0.05, 0.1) is 11.4 Å². The van der Waals surface area contributed by atoms with E-state index in [1.807, 2.05) is 38.1 Å². The molecule has 4 nitrogen and oxygen atoms in total. The molecule has 2 aromatic rings. The number of nitrogens with zero attached hydrogens (tertiary/aromatic N) is 1. The van der Waals surface area contributed by atoms with Crippen molar-refractivity contribution in [1.82, 2.24) is 0 Å². The van der Waals surface area contributed by atoms with Gasteiger partial charge in [-0.25, -0.2) is 4.39 Å². The molecule has 0 aliphatic carbocycles. The Bertz CT molecular complexity index is 880. The van der Waals surface area contributed by atoms with Gasteiger partial charge in [0.25, 0.3) is 0 Å². The predicted molar refractivity (Wildman–Crippen MR) is 118 cm³/mol. The molecule has 6 heteroatoms. The molecule has 154 valence electrons. The summed E-state index contributed by atoms with van der Waals surface area (Å²) in [6.45, 7) is 4.52. The maximum absolute atomic E-state index is 14.2. The topological polar surface area (TPSA) is 49.4 Å². The zero-order valence-corrected chi connectivity index (χ0v) is 17.8. The zero-order valence-electron chi connectivity index (χ0n) is 17.0. The quantitative estimate of drug-likeness (QED) is 0.658. The van der Waals surface area contributed by atoms with E-state index in [0.717, 1.165) is 35.2 Å². The Balaban J connectivity index is 1.42. The van der Waals surface area contributed by atoms with Crippen molar-refractivity contribution in [2.45, 2.75) is 39.5 Å². The van der Waals surface area contributed by atoms with E-state index in [1.165, 1.54) is 17.8 Å². The fourth-order valence-electron chi connectivity index (χ4n) is 3.64. The number of hydrogen-bond acceptors (Lipinski definition) is 3. The van der Waals surface area contributed by atoms with Crippen LogP contribution in [0.4, 0.5) is 15.8 Å². The lowest BCUT2D eigenvalue weighted by atomic mass is 10.0. The van der Waals surface area contributed by atoms with Crippen molar-refractivity contribution in [3.05, 3.63) is 58.9 Å². The normalized spacial score (nSPS) is 13.1. The van der Waals surface area contributed by atoms with E-state index in [1.54, 1.807) is 11.0 Å². The Morgan fingerprint density at radius 3 is 2.62 bits per heavy atom. The molecule has 1 N–H and O–H groups in total. The number of anilines is 2. The van der Waals surface area contributed by atoms with Gasteiger partial charge in [0, 0.05) is 18.7 Å². The molecule has 0 saturated heterocycles. The van der Waals surface area contributed by atoms with Crippen LogP contribution in [0, 0.1) is 19.7 Å². The SMILES string of the molecule is Cc1cccc(C)c1NC(=O)CCCSCC(=O)N1CCCc2cccc(F)c21. The minimum atomic E-state index is -0.330. The average Bonchev–Trinajstić information content (AvgIpc) is 2.70. The van der Waals surface area contributed by atoms with E-state index in [2.05, 4.69) is 5.32 Å². The molecule has 0 saturated carbocycles. The van der Waals surface area contributed by atoms with Gasteiger partial charge < -0.3 is 10.2 Å². The zero-order chi connectivity index (χ0) is 20.8. The monoisotopic (exact) mass is 414 g/mol. The van der Waals surface area contributed by atoms with Crippen LogP contribution in [0.25, 0.3) is 0 Å². The summed E-state index contributed by atoms with van der Waals surface area (Å²) >= 11 is 1.50. The summed E-state index contributed by atoms with van der Waals surface area (Å²) in [7, 11) is 0. The van der Waals surface area contributed by atoms with E-state index in [-0.39, 0.29) is 17.6 Å². The predicted octanol–water partition coefficient (Wildman–Crippen LogP) is 4.87. The third-order valence-corrected chi connectivity index (χ3v) is 6.16. The van der Waals surface area contributed by atoms with Gasteiger partial charge >= 0.3 is 0 Å². The van der Waals surface area contributed by atoms with Crippen LogP contribution in [0.1, 0.15) is 36.0 Å². The number of rotatable bonds is 7. The van der Waals surface area contributed by atoms with E-state index < -0.39 is 0 Å². The molecule has 0 fully saturated rings. The molecule has 29 heavy (non-hydrogen) atoms. The average molecular weight is 415 g/mol. The molecule has 0 atom stereocenters. The van der Waals surface area contributed by atoms with Crippen LogP contribution in [0.2, 0.25) is 0 Å². The van der Waals surface area contributed by atoms with Gasteiger partial charge in [-0.3, -0.25) is 9.59 Å². The molecule has 1 aliphatic heterocycles. The van der Waals surface area contributed by atoms with Crippen molar-refractivity contribution in [2.24, 2.45) is 0 Å². The highest BCUT2D eigenvalue weighted by Gasteiger charge is 2.25. The Morgan fingerprint density at radius 1 is 1.14 bits per heavy atom. The standard InChI is InChI=1S/C23H27FN2O2S/c1-16-7-3-8-17(2)22(16)25-20(27)12-6-14-29-15-21(28)26-13-5-10-18-9-4-11-19(24)23(18)26/h3-4,7-9,11H,5-6,10,12-15H2,1-2H3,(H,25,27). The van der Waals surface area contributed by atoms with Gasteiger partial charge in [-0.1, -0.05) is 30.3 Å². The summed E-state index contributed by atoms with van der Waals surface area (Å²) in [5, 5.41) is 2.98. The third kappa shape index (κ3) is 5.38. The first kappa shape index (κ1) is 21.4. The van der Waals surface area contributed by atoms with Crippen LogP contribution in [-0.2, 0) is 16.0 Å². The molecular formula is C23H27FN2O2S. The van der Waals surface area contributed by atoms with Crippen molar-refractivity contribution in [3.63, 3.8) is 0 Å². The minimum absolute atomic E-state index is 0.0126. The first-order valence-corrected chi connectivity index (χ1v) is 11.1. The Kier molecular flexibility index (Phi) is 7.31. The van der Waals surface area contributed by atoms with Gasteiger partial charge in [-0.15, -0.1) is 0 Å². The van der Waals surface area contributed by atoms with Crippen LogP contribution in [0.15, 0.2) is 36.4 Å². The van der Waals surface area contributed by atoms with Crippen molar-refractivity contribution in [1.29, 1.82) is 0 Å². The molecule has 2 aromatic carbocycles. The molecule has 0 unspecified atom stereocenters. The summed E-state index contributed by atoms with van der Waals surface area (Å²) in [6.07, 6.45) is 2.76. The summed E-state index contributed by atoms with van der Waals surface area (Å²) in [5.74, 6) is 0.599. The molecule has 1 aliphatic rings. The number of para-hydroxylation sites is 2. The second-order valence-electron chi connectivity index (χ2n) is 7.37. The van der Waals surface area contributed by atoms with E-state index in [9.17, 15) is 14.0 Å². The number of carbonyl (C=O) groups is 2. The van der Waals surface area contributed by atoms with Crippen LogP contribution >= 0.6 is 11.8 Å². The van der Waals surface area contributed by atoms with Crippen molar-refractivity contribution in [3.8, 4) is 0 Å². The lowest BCUT2D eigenvalue weighted by Gasteiger charge is -2.29. The van der Waals surface area contributed by atoms with Crippen LogP contribution in [-0.4, -0.2) is 29.9 Å². The molecule has 2 amide bonds. The number of fused-ring (bicyclic) bond motifs is 1. The number of nitrogens with one attached hydrogen (secondary N) is 1. The number of thioether (sulfide) groups is 1. The maximum Gasteiger partial charge on any atom is 0.237 e. The van der Waals surface area contributed by atoms with Crippen molar-refractivity contribution < 1.29 is 14.0 Å². The van der Waals surface area contributed by atoms with Crippen LogP contribution < -0.4 is 10.2 Å². The van der Waals surface area contributed by atoms with E-state index in [4.69, 9.17) is 0 Å². The molecule has 1 heterocycles. The molecule has 0 bridgehead atoms. The van der Waals surface area contributed by atoms with Gasteiger partial charge in [0.15, 0.2) is 0 Å². The van der Waals surface area contributed by atoms with Gasteiger partial charge in [0.2, 0.25) is 11.8 Å². The number of carbonyl (C=O) groups excluding carboxylic acids is 2. The number of amides is 2. The largest absolute Gasteiger partial charge is 0.326 e. The number of halogens is 1. The van der Waals surface area contributed by atoms with E-state index in [0.29, 0.717) is 36.6 Å². The first-order valence-electron chi connectivity index (χ1n) is 9.99. The highest BCUT2D eigenvalue weighted by molar-refractivity contribution is 7.99. The lowest BCUT2D eigenvalue weighted by molar-refractivity contribution is -0.117. The lowest BCUT2D eigenvalue weighted by Crippen LogP contribution is -2.37. The van der Waals surface area contributed by atoms with Gasteiger partial charge in [0.1, 0.15) is 5.82 Å². The summed E-state index contributed by atoms with van der Waals surface area (Å²) in [6, 6.07) is 10.9. The Hall–Kier alpha value is -2.34. The smallest absolute Gasteiger partial charge is 0.237 e. The van der Waals surface area contributed by atoms with Gasteiger partial charge in [-0.05, 0) is 61.6 Å². The molecule has 0 radical (unpaired) electrons. The Labute approximate surface area is 175 Å². The first-order chi connectivity index (χ1) is 14.0. The second kappa shape index (κ2) is 9.92. The summed E-state index contributed by atoms with van der Waals surface area (Å²) < 4.78 is 14.2. The number of aryl methyl sites for hydroxylation is 3. The van der Waals surface area contributed by atoms with Crippen molar-refractivity contribution >= 4 is 35.0 Å². The van der Waals surface area contributed by atoms with Gasteiger partial charge in [-0.2, -0.15) is 11.8 Å².